The molecule has 0 aromatic carbocycles. The Kier molecular flexibility index (Phi) is 5.28. The smallest absolute Gasteiger partial charge is 0.252 e. The molecule has 23 heavy (non-hydrogen) atoms. The molecule has 3 rings (SSSR count). The van der Waals surface area contributed by atoms with E-state index in [2.05, 4.69) is 20.4 Å². The molecule has 8 nitrogen and oxygen atoms in total. The summed E-state index contributed by atoms with van der Waals surface area (Å²) in [6, 6.07) is 3.63. The normalized spacial score (nSPS) is 17.3. The van der Waals surface area contributed by atoms with Gasteiger partial charge < -0.3 is 19.3 Å². The first-order valence-corrected chi connectivity index (χ1v) is 7.50. The molecule has 1 saturated heterocycles. The molecular formula is C15H18N4O4. The fourth-order valence-corrected chi connectivity index (χ4v) is 2.24. The lowest BCUT2D eigenvalue weighted by Crippen LogP contribution is -2.34. The summed E-state index contributed by atoms with van der Waals surface area (Å²) >= 11 is 0. The van der Waals surface area contributed by atoms with Crippen LogP contribution in [0.1, 0.15) is 18.7 Å². The minimum absolute atomic E-state index is 0.0582. The van der Waals surface area contributed by atoms with E-state index in [4.69, 9.17) is 14.0 Å². The van der Waals surface area contributed by atoms with Gasteiger partial charge in [0.05, 0.1) is 6.10 Å². The molecule has 1 fully saturated rings. The number of nitrogens with one attached hydrogen (secondary N) is 1. The monoisotopic (exact) mass is 318 g/mol. The van der Waals surface area contributed by atoms with Gasteiger partial charge in [-0.2, -0.15) is 4.98 Å². The van der Waals surface area contributed by atoms with E-state index >= 15 is 0 Å². The van der Waals surface area contributed by atoms with E-state index in [1.165, 1.54) is 0 Å². The Morgan fingerprint density at radius 1 is 1.48 bits per heavy atom. The molecule has 2 aromatic heterocycles. The molecule has 0 radical (unpaired) electrons. The fourth-order valence-electron chi connectivity index (χ4n) is 2.24. The van der Waals surface area contributed by atoms with Crippen LogP contribution in [0.25, 0.3) is 11.4 Å². The van der Waals surface area contributed by atoms with Crippen LogP contribution in [0.3, 0.4) is 0 Å². The van der Waals surface area contributed by atoms with E-state index in [9.17, 15) is 4.79 Å². The third kappa shape index (κ3) is 4.57. The van der Waals surface area contributed by atoms with Gasteiger partial charge in [0, 0.05) is 31.1 Å². The zero-order valence-electron chi connectivity index (χ0n) is 12.6. The Morgan fingerprint density at radius 2 is 2.43 bits per heavy atom. The number of amides is 1. The van der Waals surface area contributed by atoms with Gasteiger partial charge in [0.1, 0.15) is 13.2 Å². The fraction of sp³-hybridized carbons (Fsp3) is 0.467. The Morgan fingerprint density at radius 3 is 3.22 bits per heavy atom. The number of hydrogen-bond donors (Lipinski definition) is 1. The standard InChI is InChI=1S/C15H18N4O4/c20-13(17-8-12-4-2-6-22-12)9-21-10-14-18-15(19-23-14)11-3-1-5-16-7-11/h1,3,5,7,12H,2,4,6,8-10H2,(H,17,20)/t12-/m0/s1. The van der Waals surface area contributed by atoms with Crippen molar-refractivity contribution in [3.8, 4) is 11.4 Å². The second-order valence-electron chi connectivity index (χ2n) is 5.19. The highest BCUT2D eigenvalue weighted by Crippen LogP contribution is 2.14. The van der Waals surface area contributed by atoms with Crippen LogP contribution in [0.2, 0.25) is 0 Å². The van der Waals surface area contributed by atoms with Crippen molar-refractivity contribution in [3.63, 3.8) is 0 Å². The van der Waals surface area contributed by atoms with Crippen LogP contribution in [0.15, 0.2) is 29.0 Å². The van der Waals surface area contributed by atoms with Crippen molar-refractivity contribution < 1.29 is 18.8 Å². The molecule has 8 heteroatoms. The van der Waals surface area contributed by atoms with Gasteiger partial charge in [-0.15, -0.1) is 0 Å². The van der Waals surface area contributed by atoms with Crippen LogP contribution in [0, 0.1) is 0 Å². The van der Waals surface area contributed by atoms with Crippen molar-refractivity contribution in [2.75, 3.05) is 19.8 Å². The van der Waals surface area contributed by atoms with Gasteiger partial charge in [-0.25, -0.2) is 0 Å². The minimum Gasteiger partial charge on any atom is -0.376 e. The summed E-state index contributed by atoms with van der Waals surface area (Å²) in [6.45, 7) is 1.32. The molecule has 1 N–H and O–H groups in total. The molecule has 2 aromatic rings. The third-order valence-corrected chi connectivity index (χ3v) is 3.40. The Bertz CT molecular complexity index is 625. The maximum Gasteiger partial charge on any atom is 0.252 e. The number of carbonyl (C=O) groups excluding carboxylic acids is 1. The van der Waals surface area contributed by atoms with Crippen molar-refractivity contribution in [1.29, 1.82) is 0 Å². The molecule has 0 spiro atoms. The van der Waals surface area contributed by atoms with Gasteiger partial charge in [-0.05, 0) is 25.0 Å². The lowest BCUT2D eigenvalue weighted by Gasteiger charge is -2.10. The SMILES string of the molecule is O=C(COCc1nc(-c2cccnc2)no1)NC[C@@H]1CCCO1. The van der Waals surface area contributed by atoms with E-state index in [-0.39, 0.29) is 25.2 Å². The third-order valence-electron chi connectivity index (χ3n) is 3.40. The molecule has 0 bridgehead atoms. The van der Waals surface area contributed by atoms with E-state index < -0.39 is 0 Å². The topological polar surface area (TPSA) is 99.4 Å². The van der Waals surface area contributed by atoms with Gasteiger partial charge in [-0.1, -0.05) is 5.16 Å². The molecule has 122 valence electrons. The summed E-state index contributed by atoms with van der Waals surface area (Å²) in [5.74, 6) is 0.572. The number of rotatable bonds is 7. The highest BCUT2D eigenvalue weighted by Gasteiger charge is 2.16. The second kappa shape index (κ2) is 7.80. The summed E-state index contributed by atoms with van der Waals surface area (Å²) in [7, 11) is 0. The lowest BCUT2D eigenvalue weighted by atomic mass is 10.2. The van der Waals surface area contributed by atoms with Gasteiger partial charge in [0.25, 0.3) is 5.89 Å². The molecule has 1 aliphatic rings. The molecular weight excluding hydrogens is 300 g/mol. The van der Waals surface area contributed by atoms with Crippen LogP contribution in [-0.2, 0) is 20.9 Å². The summed E-state index contributed by atoms with van der Waals surface area (Å²) in [4.78, 5) is 19.8. The number of aromatic nitrogens is 3. The zero-order valence-corrected chi connectivity index (χ0v) is 12.6. The predicted molar refractivity (Wildman–Crippen MR) is 79.2 cm³/mol. The number of pyridine rings is 1. The maximum absolute atomic E-state index is 11.7. The number of carbonyl (C=O) groups is 1. The first-order chi connectivity index (χ1) is 11.3. The molecule has 0 saturated carbocycles. The Hall–Kier alpha value is -2.32. The highest BCUT2D eigenvalue weighted by atomic mass is 16.5. The number of ether oxygens (including phenoxy) is 2. The Labute approximate surface area is 133 Å². The van der Waals surface area contributed by atoms with Gasteiger partial charge in [0.15, 0.2) is 0 Å². The van der Waals surface area contributed by atoms with Crippen molar-refractivity contribution >= 4 is 5.91 Å². The number of nitrogens with zero attached hydrogens (tertiary/aromatic N) is 3. The van der Waals surface area contributed by atoms with E-state index in [1.54, 1.807) is 18.5 Å². The summed E-state index contributed by atoms with van der Waals surface area (Å²) < 4.78 is 15.8. The molecule has 1 atom stereocenters. The van der Waals surface area contributed by atoms with Crippen molar-refractivity contribution in [2.24, 2.45) is 0 Å². The first kappa shape index (κ1) is 15.6. The molecule has 0 aliphatic carbocycles. The average molecular weight is 318 g/mol. The van der Waals surface area contributed by atoms with Crippen molar-refractivity contribution in [2.45, 2.75) is 25.6 Å². The largest absolute Gasteiger partial charge is 0.376 e. The minimum atomic E-state index is -0.188. The van der Waals surface area contributed by atoms with E-state index in [0.717, 1.165) is 25.0 Å². The van der Waals surface area contributed by atoms with Crippen molar-refractivity contribution in [1.82, 2.24) is 20.4 Å². The first-order valence-electron chi connectivity index (χ1n) is 7.50. The van der Waals surface area contributed by atoms with Gasteiger partial charge >= 0.3 is 0 Å². The number of hydrogen-bond acceptors (Lipinski definition) is 7. The average Bonchev–Trinajstić information content (AvgIpc) is 3.26. The molecule has 1 amide bonds. The highest BCUT2D eigenvalue weighted by molar-refractivity contribution is 5.77. The van der Waals surface area contributed by atoms with Gasteiger partial charge in [0.2, 0.25) is 11.7 Å². The second-order valence-corrected chi connectivity index (χ2v) is 5.19. The summed E-state index contributed by atoms with van der Waals surface area (Å²) in [5.41, 5.74) is 0.761. The summed E-state index contributed by atoms with van der Waals surface area (Å²) in [5, 5.41) is 6.63. The van der Waals surface area contributed by atoms with Crippen LogP contribution in [-0.4, -0.2) is 46.9 Å². The van der Waals surface area contributed by atoms with Crippen LogP contribution < -0.4 is 5.32 Å². The zero-order chi connectivity index (χ0) is 15.9. The van der Waals surface area contributed by atoms with Crippen LogP contribution in [0.4, 0.5) is 0 Å². The quantitative estimate of drug-likeness (QED) is 0.811. The van der Waals surface area contributed by atoms with E-state index in [1.807, 2.05) is 6.07 Å². The Balaban J connectivity index is 1.39. The molecule has 1 aliphatic heterocycles. The van der Waals surface area contributed by atoms with Crippen LogP contribution >= 0.6 is 0 Å². The van der Waals surface area contributed by atoms with E-state index in [0.29, 0.717) is 18.3 Å². The molecule has 3 heterocycles. The maximum atomic E-state index is 11.7. The summed E-state index contributed by atoms with van der Waals surface area (Å²) in [6.07, 6.45) is 5.47. The van der Waals surface area contributed by atoms with Crippen LogP contribution in [0.5, 0.6) is 0 Å². The lowest BCUT2D eigenvalue weighted by molar-refractivity contribution is -0.126. The van der Waals surface area contributed by atoms with Crippen molar-refractivity contribution in [3.05, 3.63) is 30.4 Å². The molecule has 0 unspecified atom stereocenters. The van der Waals surface area contributed by atoms with Gasteiger partial charge in [-0.3, -0.25) is 9.78 Å². The predicted octanol–water partition coefficient (Wildman–Crippen LogP) is 0.943.